The first-order valence-corrected chi connectivity index (χ1v) is 8.80. The minimum absolute atomic E-state index is 0.142. The smallest absolute Gasteiger partial charge is 0.0863 e. The van der Waals surface area contributed by atoms with E-state index in [1.165, 1.54) is 5.56 Å². The molecular formula is C21H26O3. The molecule has 0 aromatic heterocycles. The summed E-state index contributed by atoms with van der Waals surface area (Å²) in [6.45, 7) is 1.15. The highest BCUT2D eigenvalue weighted by atomic mass is 16.5. The van der Waals surface area contributed by atoms with Crippen molar-refractivity contribution >= 4 is 0 Å². The maximum atomic E-state index is 10.3. The van der Waals surface area contributed by atoms with Crippen LogP contribution in [0.3, 0.4) is 0 Å². The molecule has 0 unspecified atom stereocenters. The van der Waals surface area contributed by atoms with Gasteiger partial charge in [0, 0.05) is 6.42 Å². The highest BCUT2D eigenvalue weighted by Gasteiger charge is 2.28. The number of aliphatic hydroxyl groups is 1. The van der Waals surface area contributed by atoms with Crippen molar-refractivity contribution in [3.63, 3.8) is 0 Å². The van der Waals surface area contributed by atoms with Gasteiger partial charge in [-0.15, -0.1) is 0 Å². The fraction of sp³-hybridized carbons (Fsp3) is 0.429. The van der Waals surface area contributed by atoms with E-state index in [9.17, 15) is 5.11 Å². The van der Waals surface area contributed by atoms with Gasteiger partial charge in [-0.1, -0.05) is 60.7 Å². The average molecular weight is 326 g/mol. The fourth-order valence-electron chi connectivity index (χ4n) is 3.17. The molecule has 0 saturated heterocycles. The second kappa shape index (κ2) is 8.97. The van der Waals surface area contributed by atoms with Crippen LogP contribution in [0.5, 0.6) is 0 Å². The Hall–Kier alpha value is -1.68. The maximum absolute atomic E-state index is 10.3. The molecule has 0 spiro atoms. The van der Waals surface area contributed by atoms with Gasteiger partial charge < -0.3 is 14.6 Å². The topological polar surface area (TPSA) is 38.7 Å². The average Bonchev–Trinajstić information content (AvgIpc) is 2.81. The van der Waals surface area contributed by atoms with Crippen LogP contribution in [0.2, 0.25) is 0 Å². The van der Waals surface area contributed by atoms with Gasteiger partial charge in [-0.05, 0) is 30.4 Å². The van der Waals surface area contributed by atoms with Crippen molar-refractivity contribution < 1.29 is 14.6 Å². The fourth-order valence-corrected chi connectivity index (χ4v) is 3.17. The largest absolute Gasteiger partial charge is 0.390 e. The molecule has 2 aromatic rings. The predicted octanol–water partition coefficient (Wildman–Crippen LogP) is 4.09. The van der Waals surface area contributed by atoms with Crippen molar-refractivity contribution in [1.29, 1.82) is 0 Å². The lowest BCUT2D eigenvalue weighted by Crippen LogP contribution is -2.31. The van der Waals surface area contributed by atoms with Gasteiger partial charge in [0.25, 0.3) is 0 Å². The summed E-state index contributed by atoms with van der Waals surface area (Å²) in [4.78, 5) is 0. The van der Waals surface area contributed by atoms with E-state index in [-0.39, 0.29) is 12.2 Å². The van der Waals surface area contributed by atoms with Crippen LogP contribution in [-0.4, -0.2) is 23.4 Å². The monoisotopic (exact) mass is 326 g/mol. The lowest BCUT2D eigenvalue weighted by Gasteiger charge is -2.24. The molecule has 3 heteroatoms. The van der Waals surface area contributed by atoms with Crippen molar-refractivity contribution in [2.75, 3.05) is 0 Å². The number of rotatable bonds is 6. The summed E-state index contributed by atoms with van der Waals surface area (Å²) >= 11 is 0. The minimum atomic E-state index is -0.404. The predicted molar refractivity (Wildman–Crippen MR) is 94.5 cm³/mol. The Balaban J connectivity index is 1.53. The van der Waals surface area contributed by atoms with Crippen LogP contribution in [0, 0.1) is 0 Å². The molecule has 1 aliphatic carbocycles. The Morgan fingerprint density at radius 3 is 2.00 bits per heavy atom. The standard InChI is InChI=1S/C21H26O3/c22-20-13-7-12-19(23-15-17-8-3-1-4-9-17)14-21(20)24-16-18-10-5-2-6-11-18/h1-6,8-11,19-22H,7,12-16H2/t19-,20+,21-/m1/s1. The molecule has 0 radical (unpaired) electrons. The molecule has 3 atom stereocenters. The van der Waals surface area contributed by atoms with Gasteiger partial charge >= 0.3 is 0 Å². The first kappa shape index (κ1) is 17.2. The Labute approximate surface area is 144 Å². The second-order valence-electron chi connectivity index (χ2n) is 6.49. The third-order valence-corrected chi connectivity index (χ3v) is 4.59. The van der Waals surface area contributed by atoms with Gasteiger partial charge in [-0.25, -0.2) is 0 Å². The van der Waals surface area contributed by atoms with Gasteiger partial charge in [-0.3, -0.25) is 0 Å². The molecule has 3 rings (SSSR count). The molecule has 0 heterocycles. The molecule has 1 saturated carbocycles. The Morgan fingerprint density at radius 1 is 0.792 bits per heavy atom. The number of ether oxygens (including phenoxy) is 2. The summed E-state index contributed by atoms with van der Waals surface area (Å²) in [6.07, 6.45) is 3.07. The molecule has 2 aromatic carbocycles. The molecule has 0 bridgehead atoms. The van der Waals surface area contributed by atoms with E-state index in [0.717, 1.165) is 31.2 Å². The highest BCUT2D eigenvalue weighted by molar-refractivity contribution is 5.14. The number of aliphatic hydroxyl groups excluding tert-OH is 1. The lowest BCUT2D eigenvalue weighted by atomic mass is 10.1. The summed E-state index contributed by atoms with van der Waals surface area (Å²) in [5, 5.41) is 10.3. The highest BCUT2D eigenvalue weighted by Crippen LogP contribution is 2.25. The van der Waals surface area contributed by atoms with Gasteiger partial charge in [-0.2, -0.15) is 0 Å². The minimum Gasteiger partial charge on any atom is -0.390 e. The number of hydrogen-bond acceptors (Lipinski definition) is 3. The van der Waals surface area contributed by atoms with Crippen LogP contribution in [-0.2, 0) is 22.7 Å². The number of benzene rings is 2. The van der Waals surface area contributed by atoms with E-state index in [1.54, 1.807) is 0 Å². The van der Waals surface area contributed by atoms with Crippen molar-refractivity contribution in [3.05, 3.63) is 71.8 Å². The van der Waals surface area contributed by atoms with E-state index in [0.29, 0.717) is 13.2 Å². The van der Waals surface area contributed by atoms with Crippen LogP contribution in [0.1, 0.15) is 36.8 Å². The summed E-state index contributed by atoms with van der Waals surface area (Å²) in [6, 6.07) is 20.3. The molecule has 0 aliphatic heterocycles. The van der Waals surface area contributed by atoms with Gasteiger partial charge in [0.1, 0.15) is 0 Å². The van der Waals surface area contributed by atoms with Crippen molar-refractivity contribution in [2.24, 2.45) is 0 Å². The first-order valence-electron chi connectivity index (χ1n) is 8.80. The van der Waals surface area contributed by atoms with Crippen LogP contribution in [0.15, 0.2) is 60.7 Å². The molecule has 1 fully saturated rings. The maximum Gasteiger partial charge on any atom is 0.0863 e. The van der Waals surface area contributed by atoms with Crippen LogP contribution in [0.4, 0.5) is 0 Å². The summed E-state index contributed by atoms with van der Waals surface area (Å²) in [5.41, 5.74) is 2.32. The lowest BCUT2D eigenvalue weighted by molar-refractivity contribution is -0.0721. The molecule has 0 amide bonds. The Bertz CT molecular complexity index is 585. The second-order valence-corrected chi connectivity index (χ2v) is 6.49. The zero-order chi connectivity index (χ0) is 16.6. The third kappa shape index (κ3) is 5.17. The van der Waals surface area contributed by atoms with Crippen molar-refractivity contribution in [2.45, 2.75) is 57.2 Å². The van der Waals surface area contributed by atoms with Crippen molar-refractivity contribution in [1.82, 2.24) is 0 Å². The third-order valence-electron chi connectivity index (χ3n) is 4.59. The van der Waals surface area contributed by atoms with Crippen LogP contribution in [0.25, 0.3) is 0 Å². The molecular weight excluding hydrogens is 300 g/mol. The van der Waals surface area contributed by atoms with Gasteiger partial charge in [0.05, 0.1) is 31.5 Å². The van der Waals surface area contributed by atoms with Crippen LogP contribution < -0.4 is 0 Å². The molecule has 3 nitrogen and oxygen atoms in total. The normalized spacial score (nSPS) is 24.5. The zero-order valence-electron chi connectivity index (χ0n) is 14.0. The summed E-state index contributed by atoms with van der Waals surface area (Å²) in [5.74, 6) is 0. The summed E-state index contributed by atoms with van der Waals surface area (Å²) < 4.78 is 12.1. The van der Waals surface area contributed by atoms with E-state index >= 15 is 0 Å². The first-order chi connectivity index (χ1) is 11.8. The van der Waals surface area contributed by atoms with Crippen LogP contribution >= 0.6 is 0 Å². The molecule has 1 N–H and O–H groups in total. The van der Waals surface area contributed by atoms with E-state index in [4.69, 9.17) is 9.47 Å². The van der Waals surface area contributed by atoms with E-state index in [1.807, 2.05) is 48.5 Å². The van der Waals surface area contributed by atoms with Crippen molar-refractivity contribution in [3.8, 4) is 0 Å². The van der Waals surface area contributed by atoms with Gasteiger partial charge in [0.15, 0.2) is 0 Å². The zero-order valence-corrected chi connectivity index (χ0v) is 14.0. The van der Waals surface area contributed by atoms with E-state index in [2.05, 4.69) is 12.1 Å². The van der Waals surface area contributed by atoms with E-state index < -0.39 is 6.10 Å². The van der Waals surface area contributed by atoms with Gasteiger partial charge in [0.2, 0.25) is 0 Å². The quantitative estimate of drug-likeness (QED) is 0.813. The number of hydrogen-bond donors (Lipinski definition) is 1. The molecule has 24 heavy (non-hydrogen) atoms. The molecule has 128 valence electrons. The Morgan fingerprint density at radius 2 is 1.38 bits per heavy atom. The SMILES string of the molecule is O[C@H]1CCC[C@@H](OCc2ccccc2)C[C@H]1OCc1ccccc1. The molecule has 1 aliphatic rings. The summed E-state index contributed by atoms with van der Waals surface area (Å²) in [7, 11) is 0. The Kier molecular flexibility index (Phi) is 6.41.